The third-order valence-electron chi connectivity index (χ3n) is 4.31. The minimum absolute atomic E-state index is 0.0793. The first kappa shape index (κ1) is 16.7. The van der Waals surface area contributed by atoms with Crippen LogP contribution < -0.4 is 5.32 Å². The standard InChI is InChI=1S/C19H25N3O2/c1-21(14-18-8-5-11-24-18)15-19(23)20-17-9-10-22(13-17)12-16-6-3-2-4-7-16/h2-8,11,17H,9-10,12-15H2,1H3,(H,20,23). The number of hydrogen-bond acceptors (Lipinski definition) is 4. The molecule has 2 heterocycles. The predicted molar refractivity (Wildman–Crippen MR) is 93.3 cm³/mol. The molecule has 5 nitrogen and oxygen atoms in total. The number of carbonyl (C=O) groups excluding carboxylic acids is 1. The fourth-order valence-electron chi connectivity index (χ4n) is 3.18. The summed E-state index contributed by atoms with van der Waals surface area (Å²) in [4.78, 5) is 16.6. The number of benzene rings is 1. The summed E-state index contributed by atoms with van der Waals surface area (Å²) in [6.45, 7) is 3.93. The average molecular weight is 327 g/mol. The molecule has 2 aromatic rings. The molecule has 1 aromatic carbocycles. The lowest BCUT2D eigenvalue weighted by molar-refractivity contribution is -0.122. The number of rotatable bonds is 7. The van der Waals surface area contributed by atoms with Crippen LogP contribution in [0.15, 0.2) is 53.1 Å². The lowest BCUT2D eigenvalue weighted by Gasteiger charge is -2.19. The zero-order valence-electron chi connectivity index (χ0n) is 14.1. The molecule has 0 saturated carbocycles. The molecule has 1 saturated heterocycles. The van der Waals surface area contributed by atoms with Gasteiger partial charge in [0.15, 0.2) is 0 Å². The summed E-state index contributed by atoms with van der Waals surface area (Å²) in [6.07, 6.45) is 2.67. The number of amides is 1. The summed E-state index contributed by atoms with van der Waals surface area (Å²) < 4.78 is 5.31. The molecule has 1 unspecified atom stereocenters. The Morgan fingerprint density at radius 2 is 2.12 bits per heavy atom. The van der Waals surface area contributed by atoms with Crippen molar-refractivity contribution >= 4 is 5.91 Å². The number of likely N-dealkylation sites (tertiary alicyclic amines) is 1. The molecule has 1 N–H and O–H groups in total. The first-order valence-corrected chi connectivity index (χ1v) is 8.45. The lowest BCUT2D eigenvalue weighted by atomic mass is 10.2. The summed E-state index contributed by atoms with van der Waals surface area (Å²) in [6, 6.07) is 14.5. The van der Waals surface area contributed by atoms with Crippen molar-refractivity contribution < 1.29 is 9.21 Å². The molecule has 1 aromatic heterocycles. The number of nitrogens with one attached hydrogen (secondary N) is 1. The van der Waals surface area contributed by atoms with Gasteiger partial charge in [0, 0.05) is 25.7 Å². The molecule has 0 spiro atoms. The molecule has 0 aliphatic carbocycles. The van der Waals surface area contributed by atoms with Crippen molar-refractivity contribution in [3.05, 3.63) is 60.1 Å². The van der Waals surface area contributed by atoms with Gasteiger partial charge in [0.25, 0.3) is 0 Å². The quantitative estimate of drug-likeness (QED) is 0.846. The van der Waals surface area contributed by atoms with Crippen LogP contribution in [-0.4, -0.2) is 48.4 Å². The van der Waals surface area contributed by atoms with E-state index in [0.29, 0.717) is 13.1 Å². The van der Waals surface area contributed by atoms with E-state index in [1.807, 2.05) is 30.1 Å². The van der Waals surface area contributed by atoms with Crippen LogP contribution in [0, 0.1) is 0 Å². The normalized spacial score (nSPS) is 18.2. The molecule has 128 valence electrons. The van der Waals surface area contributed by atoms with E-state index in [1.165, 1.54) is 5.56 Å². The molecule has 3 rings (SSSR count). The van der Waals surface area contributed by atoms with Gasteiger partial charge in [-0.2, -0.15) is 0 Å². The van der Waals surface area contributed by atoms with E-state index in [4.69, 9.17) is 4.42 Å². The second-order valence-electron chi connectivity index (χ2n) is 6.53. The van der Waals surface area contributed by atoms with E-state index < -0.39 is 0 Å². The summed E-state index contributed by atoms with van der Waals surface area (Å²) in [5.74, 6) is 0.954. The minimum Gasteiger partial charge on any atom is -0.468 e. The Kier molecular flexibility index (Phi) is 5.67. The summed E-state index contributed by atoms with van der Waals surface area (Å²) >= 11 is 0. The molecule has 1 aliphatic rings. The molecule has 1 atom stereocenters. The van der Waals surface area contributed by atoms with Crippen molar-refractivity contribution in [2.75, 3.05) is 26.7 Å². The maximum absolute atomic E-state index is 12.2. The summed E-state index contributed by atoms with van der Waals surface area (Å²) in [5.41, 5.74) is 1.32. The highest BCUT2D eigenvalue weighted by Crippen LogP contribution is 2.13. The van der Waals surface area contributed by atoms with Gasteiger partial charge in [-0.1, -0.05) is 30.3 Å². The van der Waals surface area contributed by atoms with Gasteiger partial charge in [-0.05, 0) is 31.2 Å². The van der Waals surface area contributed by atoms with Crippen molar-refractivity contribution in [2.24, 2.45) is 0 Å². The summed E-state index contributed by atoms with van der Waals surface area (Å²) in [5, 5.41) is 3.15. The van der Waals surface area contributed by atoms with Crippen LogP contribution in [0.5, 0.6) is 0 Å². The topological polar surface area (TPSA) is 48.7 Å². The van der Waals surface area contributed by atoms with Crippen LogP contribution in [-0.2, 0) is 17.9 Å². The van der Waals surface area contributed by atoms with E-state index in [9.17, 15) is 4.79 Å². The van der Waals surface area contributed by atoms with Crippen molar-refractivity contribution in [1.82, 2.24) is 15.1 Å². The van der Waals surface area contributed by atoms with E-state index in [1.54, 1.807) is 6.26 Å². The first-order chi connectivity index (χ1) is 11.7. The number of carbonyl (C=O) groups is 1. The van der Waals surface area contributed by atoms with Gasteiger partial charge in [-0.25, -0.2) is 0 Å². The van der Waals surface area contributed by atoms with E-state index in [2.05, 4.69) is 34.5 Å². The molecule has 1 amide bonds. The van der Waals surface area contributed by atoms with Crippen LogP contribution in [0.3, 0.4) is 0 Å². The monoisotopic (exact) mass is 327 g/mol. The average Bonchev–Trinajstić information content (AvgIpc) is 3.20. The van der Waals surface area contributed by atoms with Crippen molar-refractivity contribution in [2.45, 2.75) is 25.6 Å². The third-order valence-corrected chi connectivity index (χ3v) is 4.31. The predicted octanol–water partition coefficient (Wildman–Crippen LogP) is 2.10. The number of nitrogens with zero attached hydrogens (tertiary/aromatic N) is 2. The van der Waals surface area contributed by atoms with Crippen molar-refractivity contribution in [3.63, 3.8) is 0 Å². The zero-order valence-corrected chi connectivity index (χ0v) is 14.1. The van der Waals surface area contributed by atoms with Gasteiger partial charge in [0.05, 0.1) is 19.4 Å². The Morgan fingerprint density at radius 1 is 1.29 bits per heavy atom. The number of furan rings is 1. The van der Waals surface area contributed by atoms with Gasteiger partial charge in [0.2, 0.25) is 5.91 Å². The Morgan fingerprint density at radius 3 is 2.88 bits per heavy atom. The maximum atomic E-state index is 12.2. The van der Waals surface area contributed by atoms with E-state index >= 15 is 0 Å². The second-order valence-corrected chi connectivity index (χ2v) is 6.53. The van der Waals surface area contributed by atoms with Gasteiger partial charge < -0.3 is 9.73 Å². The molecule has 5 heteroatoms. The molecule has 0 bridgehead atoms. The lowest BCUT2D eigenvalue weighted by Crippen LogP contribution is -2.42. The highest BCUT2D eigenvalue weighted by atomic mass is 16.3. The Bertz CT molecular complexity index is 627. The highest BCUT2D eigenvalue weighted by molar-refractivity contribution is 5.78. The molecule has 1 aliphatic heterocycles. The SMILES string of the molecule is CN(CC(=O)NC1CCN(Cc2ccccc2)C1)Cc1ccco1. The third kappa shape index (κ3) is 4.94. The van der Waals surface area contributed by atoms with Gasteiger partial charge in [0.1, 0.15) is 5.76 Å². The van der Waals surface area contributed by atoms with Crippen molar-refractivity contribution in [1.29, 1.82) is 0 Å². The Labute approximate surface area is 143 Å². The van der Waals surface area contributed by atoms with Crippen LogP contribution >= 0.6 is 0 Å². The molecule has 0 radical (unpaired) electrons. The van der Waals surface area contributed by atoms with Crippen molar-refractivity contribution in [3.8, 4) is 0 Å². The fraction of sp³-hybridized carbons (Fsp3) is 0.421. The second kappa shape index (κ2) is 8.13. The maximum Gasteiger partial charge on any atom is 0.234 e. The summed E-state index contributed by atoms with van der Waals surface area (Å²) in [7, 11) is 1.93. The smallest absolute Gasteiger partial charge is 0.234 e. The first-order valence-electron chi connectivity index (χ1n) is 8.45. The number of likely N-dealkylation sites (N-methyl/N-ethyl adjacent to an activating group) is 1. The largest absolute Gasteiger partial charge is 0.468 e. The minimum atomic E-state index is 0.0793. The van der Waals surface area contributed by atoms with E-state index in [0.717, 1.165) is 31.8 Å². The van der Waals surface area contributed by atoms with Gasteiger partial charge >= 0.3 is 0 Å². The fourth-order valence-corrected chi connectivity index (χ4v) is 3.18. The molecular formula is C19H25N3O2. The molecule has 24 heavy (non-hydrogen) atoms. The van der Waals surface area contributed by atoms with Crippen LogP contribution in [0.25, 0.3) is 0 Å². The Balaban J connectivity index is 1.39. The van der Waals surface area contributed by atoms with Crippen LogP contribution in [0.1, 0.15) is 17.7 Å². The van der Waals surface area contributed by atoms with Gasteiger partial charge in [-0.3, -0.25) is 14.6 Å². The Hall–Kier alpha value is -2.11. The van der Waals surface area contributed by atoms with Crippen LogP contribution in [0.2, 0.25) is 0 Å². The van der Waals surface area contributed by atoms with Crippen LogP contribution in [0.4, 0.5) is 0 Å². The highest BCUT2D eigenvalue weighted by Gasteiger charge is 2.24. The molecule has 1 fully saturated rings. The number of hydrogen-bond donors (Lipinski definition) is 1. The van der Waals surface area contributed by atoms with E-state index in [-0.39, 0.29) is 11.9 Å². The zero-order chi connectivity index (χ0) is 16.8. The molecular weight excluding hydrogens is 302 g/mol. The van der Waals surface area contributed by atoms with Gasteiger partial charge in [-0.15, -0.1) is 0 Å².